The fourth-order valence-corrected chi connectivity index (χ4v) is 2.26. The summed E-state index contributed by atoms with van der Waals surface area (Å²) in [5.41, 5.74) is 1.69. The summed E-state index contributed by atoms with van der Waals surface area (Å²) in [5, 5.41) is 4.94. The first kappa shape index (κ1) is 21.0. The second kappa shape index (κ2) is 10.7. The first-order valence-corrected chi connectivity index (χ1v) is 8.94. The van der Waals surface area contributed by atoms with Crippen molar-refractivity contribution in [3.8, 4) is 0 Å². The molecule has 2 atom stereocenters. The highest BCUT2D eigenvalue weighted by molar-refractivity contribution is 5.89. The van der Waals surface area contributed by atoms with Gasteiger partial charge in [-0.3, -0.25) is 4.79 Å². The van der Waals surface area contributed by atoms with Crippen molar-refractivity contribution in [2.75, 3.05) is 0 Å². The number of benzene rings is 2. The van der Waals surface area contributed by atoms with E-state index in [0.717, 1.165) is 11.1 Å². The van der Waals surface area contributed by atoms with Crippen molar-refractivity contribution < 1.29 is 23.9 Å². The van der Waals surface area contributed by atoms with Gasteiger partial charge in [-0.15, -0.1) is 0 Å². The smallest absolute Gasteiger partial charge is 0.408 e. The summed E-state index contributed by atoms with van der Waals surface area (Å²) in [4.78, 5) is 36.0. The molecule has 0 saturated carbocycles. The number of hydrogen-bond donors (Lipinski definition) is 2. The lowest BCUT2D eigenvalue weighted by Crippen LogP contribution is -2.49. The molecule has 28 heavy (non-hydrogen) atoms. The van der Waals surface area contributed by atoms with Crippen molar-refractivity contribution in [1.82, 2.24) is 10.6 Å². The van der Waals surface area contributed by atoms with E-state index in [9.17, 15) is 14.4 Å². The van der Waals surface area contributed by atoms with Crippen LogP contribution < -0.4 is 10.6 Å². The summed E-state index contributed by atoms with van der Waals surface area (Å²) in [7, 11) is 0. The third kappa shape index (κ3) is 7.11. The zero-order valence-corrected chi connectivity index (χ0v) is 15.9. The minimum absolute atomic E-state index is 0.100. The molecule has 0 bridgehead atoms. The fourth-order valence-electron chi connectivity index (χ4n) is 2.26. The van der Waals surface area contributed by atoms with E-state index in [2.05, 4.69) is 10.6 Å². The number of esters is 1. The van der Waals surface area contributed by atoms with Crippen LogP contribution in [0.25, 0.3) is 0 Å². The van der Waals surface area contributed by atoms with Crippen LogP contribution in [0.5, 0.6) is 0 Å². The predicted molar refractivity (Wildman–Crippen MR) is 103 cm³/mol. The normalized spacial score (nSPS) is 12.4. The third-order valence-corrected chi connectivity index (χ3v) is 3.88. The van der Waals surface area contributed by atoms with Gasteiger partial charge in [-0.05, 0) is 25.0 Å². The van der Waals surface area contributed by atoms with Crippen LogP contribution >= 0.6 is 0 Å². The Morgan fingerprint density at radius 1 is 0.750 bits per heavy atom. The molecule has 0 spiro atoms. The van der Waals surface area contributed by atoms with Gasteiger partial charge in [0, 0.05) is 0 Å². The van der Waals surface area contributed by atoms with E-state index in [-0.39, 0.29) is 13.2 Å². The molecule has 0 radical (unpaired) electrons. The average Bonchev–Trinajstić information content (AvgIpc) is 2.71. The Labute approximate surface area is 164 Å². The lowest BCUT2D eigenvalue weighted by Gasteiger charge is -2.17. The third-order valence-electron chi connectivity index (χ3n) is 3.88. The molecule has 2 aromatic rings. The highest BCUT2D eigenvalue weighted by atomic mass is 16.5. The first-order valence-electron chi connectivity index (χ1n) is 8.94. The molecular weight excluding hydrogens is 360 g/mol. The van der Waals surface area contributed by atoms with Crippen molar-refractivity contribution in [3.05, 3.63) is 71.8 Å². The van der Waals surface area contributed by atoms with Crippen molar-refractivity contribution >= 4 is 18.0 Å². The van der Waals surface area contributed by atoms with Gasteiger partial charge in [0.15, 0.2) is 0 Å². The van der Waals surface area contributed by atoms with E-state index in [4.69, 9.17) is 9.47 Å². The van der Waals surface area contributed by atoms with Crippen molar-refractivity contribution in [3.63, 3.8) is 0 Å². The van der Waals surface area contributed by atoms with E-state index in [1.807, 2.05) is 60.7 Å². The molecule has 0 heterocycles. The Morgan fingerprint density at radius 2 is 1.25 bits per heavy atom. The Bertz CT molecular complexity index is 780. The molecule has 0 aromatic heterocycles. The maximum absolute atomic E-state index is 12.2. The SMILES string of the molecule is C[C@@H](NC(=O)OCc1ccccc1)C(=O)N[C@H](C)C(=O)OCc1ccccc1. The standard InChI is InChI=1S/C21H24N2O5/c1-15(23-21(26)28-14-18-11-7-4-8-12-18)19(24)22-16(2)20(25)27-13-17-9-5-3-6-10-17/h3-12,15-16H,13-14H2,1-2H3,(H,22,24)(H,23,26)/t15-,16-/m1/s1. The van der Waals surface area contributed by atoms with Crippen molar-refractivity contribution in [2.24, 2.45) is 0 Å². The molecule has 2 aromatic carbocycles. The highest BCUT2D eigenvalue weighted by Crippen LogP contribution is 2.03. The molecule has 7 nitrogen and oxygen atoms in total. The summed E-state index contributed by atoms with van der Waals surface area (Å²) in [6.07, 6.45) is -0.717. The lowest BCUT2D eigenvalue weighted by atomic mass is 10.2. The van der Waals surface area contributed by atoms with Crippen LogP contribution in [-0.4, -0.2) is 30.1 Å². The number of nitrogens with one attached hydrogen (secondary N) is 2. The number of hydrogen-bond acceptors (Lipinski definition) is 5. The predicted octanol–water partition coefficient (Wildman–Crippen LogP) is 2.55. The molecule has 0 saturated heterocycles. The van der Waals surface area contributed by atoms with E-state index in [1.54, 1.807) is 0 Å². The monoisotopic (exact) mass is 384 g/mol. The summed E-state index contributed by atoms with van der Waals surface area (Å²) in [6.45, 7) is 3.25. The van der Waals surface area contributed by atoms with E-state index in [0.29, 0.717) is 0 Å². The van der Waals surface area contributed by atoms with E-state index in [1.165, 1.54) is 13.8 Å². The molecule has 2 rings (SSSR count). The van der Waals surface area contributed by atoms with Gasteiger partial charge >= 0.3 is 12.1 Å². The zero-order valence-electron chi connectivity index (χ0n) is 15.9. The summed E-state index contributed by atoms with van der Waals surface area (Å²) in [6, 6.07) is 16.7. The molecular formula is C21H24N2O5. The molecule has 0 aliphatic heterocycles. The molecule has 2 amide bonds. The summed E-state index contributed by atoms with van der Waals surface area (Å²) in [5.74, 6) is -1.07. The van der Waals surface area contributed by atoms with E-state index >= 15 is 0 Å². The van der Waals surface area contributed by atoms with Gasteiger partial charge in [0.1, 0.15) is 25.3 Å². The molecule has 0 fully saturated rings. The molecule has 7 heteroatoms. The second-order valence-corrected chi connectivity index (χ2v) is 6.25. The lowest BCUT2D eigenvalue weighted by molar-refractivity contribution is -0.148. The van der Waals surface area contributed by atoms with Gasteiger partial charge in [-0.2, -0.15) is 0 Å². The molecule has 0 aliphatic rings. The Morgan fingerprint density at radius 3 is 1.79 bits per heavy atom. The van der Waals surface area contributed by atoms with Crippen molar-refractivity contribution in [1.29, 1.82) is 0 Å². The van der Waals surface area contributed by atoms with Gasteiger partial charge in [0.25, 0.3) is 0 Å². The minimum Gasteiger partial charge on any atom is -0.459 e. The second-order valence-electron chi connectivity index (χ2n) is 6.25. The van der Waals surface area contributed by atoms with Gasteiger partial charge < -0.3 is 20.1 Å². The Hall–Kier alpha value is -3.35. The number of carbonyl (C=O) groups excluding carboxylic acids is 3. The van der Waals surface area contributed by atoms with Crippen LogP contribution in [0.1, 0.15) is 25.0 Å². The van der Waals surface area contributed by atoms with Crippen LogP contribution in [0.4, 0.5) is 4.79 Å². The topological polar surface area (TPSA) is 93.7 Å². The van der Waals surface area contributed by atoms with Gasteiger partial charge in [-0.1, -0.05) is 60.7 Å². The van der Waals surface area contributed by atoms with Gasteiger partial charge in [-0.25, -0.2) is 9.59 Å². The van der Waals surface area contributed by atoms with Crippen LogP contribution in [0.2, 0.25) is 0 Å². The molecule has 2 N–H and O–H groups in total. The molecule has 0 unspecified atom stereocenters. The number of carbonyl (C=O) groups is 3. The fraction of sp³-hybridized carbons (Fsp3) is 0.286. The Balaban J connectivity index is 1.71. The highest BCUT2D eigenvalue weighted by Gasteiger charge is 2.22. The van der Waals surface area contributed by atoms with Gasteiger partial charge in [0.05, 0.1) is 0 Å². The van der Waals surface area contributed by atoms with Crippen LogP contribution in [-0.2, 0) is 32.3 Å². The average molecular weight is 384 g/mol. The number of rotatable bonds is 8. The maximum Gasteiger partial charge on any atom is 0.408 e. The summed E-state index contributed by atoms with van der Waals surface area (Å²) >= 11 is 0. The quantitative estimate of drug-likeness (QED) is 0.682. The van der Waals surface area contributed by atoms with Crippen LogP contribution in [0.15, 0.2) is 60.7 Å². The summed E-state index contributed by atoms with van der Waals surface area (Å²) < 4.78 is 10.2. The molecule has 0 aliphatic carbocycles. The number of ether oxygens (including phenoxy) is 2. The van der Waals surface area contributed by atoms with E-state index < -0.39 is 30.1 Å². The zero-order chi connectivity index (χ0) is 20.4. The minimum atomic E-state index is -0.868. The van der Waals surface area contributed by atoms with Crippen LogP contribution in [0, 0.1) is 0 Å². The van der Waals surface area contributed by atoms with Gasteiger partial charge in [0.2, 0.25) is 5.91 Å². The maximum atomic E-state index is 12.2. The number of alkyl carbamates (subject to hydrolysis) is 1. The Kier molecular flexibility index (Phi) is 8.02. The van der Waals surface area contributed by atoms with Crippen molar-refractivity contribution in [2.45, 2.75) is 39.1 Å². The number of amides is 2. The molecule has 148 valence electrons. The largest absolute Gasteiger partial charge is 0.459 e. The van der Waals surface area contributed by atoms with Crippen LogP contribution in [0.3, 0.4) is 0 Å². The first-order chi connectivity index (χ1) is 13.5.